The largest absolute Gasteiger partial charge is 0.252 e. The molecular formula is C28H18N2. The van der Waals surface area contributed by atoms with Gasteiger partial charge in [0.25, 0.3) is 0 Å². The van der Waals surface area contributed by atoms with Crippen molar-refractivity contribution in [3.05, 3.63) is 109 Å². The summed E-state index contributed by atoms with van der Waals surface area (Å²) in [6, 6.07) is 34.2. The molecule has 0 fully saturated rings. The molecule has 6 rings (SSSR count). The van der Waals surface area contributed by atoms with Crippen molar-refractivity contribution in [1.29, 1.82) is 0 Å². The van der Waals surface area contributed by atoms with Gasteiger partial charge in [-0.2, -0.15) is 0 Å². The Hall–Kier alpha value is -4.04. The quantitative estimate of drug-likeness (QED) is 0.315. The molecule has 2 nitrogen and oxygen atoms in total. The molecule has 1 aromatic heterocycles. The smallest absolute Gasteiger partial charge is 0.0971 e. The first-order valence-corrected chi connectivity index (χ1v) is 10.1. The van der Waals surface area contributed by atoms with Gasteiger partial charge in [0.15, 0.2) is 0 Å². The van der Waals surface area contributed by atoms with Gasteiger partial charge in [0.05, 0.1) is 11.0 Å². The molecule has 2 heteroatoms. The average Bonchev–Trinajstić information content (AvgIpc) is 2.83. The van der Waals surface area contributed by atoms with Gasteiger partial charge in [-0.15, -0.1) is 0 Å². The minimum Gasteiger partial charge on any atom is -0.252 e. The first-order chi connectivity index (χ1) is 14.9. The van der Waals surface area contributed by atoms with Crippen LogP contribution in [0.2, 0.25) is 0 Å². The third-order valence-corrected chi connectivity index (χ3v) is 5.78. The molecule has 0 amide bonds. The van der Waals surface area contributed by atoms with Crippen molar-refractivity contribution in [1.82, 2.24) is 9.97 Å². The third-order valence-electron chi connectivity index (χ3n) is 5.78. The summed E-state index contributed by atoms with van der Waals surface area (Å²) in [6.45, 7) is 0. The highest BCUT2D eigenvalue weighted by molar-refractivity contribution is 6.09. The third kappa shape index (κ3) is 2.58. The Kier molecular flexibility index (Phi) is 3.82. The van der Waals surface area contributed by atoms with E-state index in [0.717, 1.165) is 22.2 Å². The van der Waals surface area contributed by atoms with Gasteiger partial charge < -0.3 is 0 Å². The van der Waals surface area contributed by atoms with E-state index in [-0.39, 0.29) is 0 Å². The molecule has 30 heavy (non-hydrogen) atoms. The second kappa shape index (κ2) is 6.78. The molecular weight excluding hydrogens is 364 g/mol. The summed E-state index contributed by atoms with van der Waals surface area (Å²) >= 11 is 0. The Bertz CT molecular complexity index is 1420. The summed E-state index contributed by atoms with van der Waals surface area (Å²) in [7, 11) is 0. The van der Waals surface area contributed by atoms with E-state index in [2.05, 4.69) is 97.1 Å². The number of rotatable bonds is 2. The molecule has 5 aromatic carbocycles. The second-order valence-electron chi connectivity index (χ2n) is 7.47. The van der Waals surface area contributed by atoms with E-state index < -0.39 is 0 Å². The maximum atomic E-state index is 4.77. The Morgan fingerprint density at radius 3 is 1.30 bits per heavy atom. The van der Waals surface area contributed by atoms with Gasteiger partial charge in [-0.1, -0.05) is 97.1 Å². The summed E-state index contributed by atoms with van der Waals surface area (Å²) in [6.07, 6.45) is 3.56. The summed E-state index contributed by atoms with van der Waals surface area (Å²) in [5.74, 6) is 0. The highest BCUT2D eigenvalue weighted by Crippen LogP contribution is 2.38. The van der Waals surface area contributed by atoms with Gasteiger partial charge in [-0.05, 0) is 32.7 Å². The maximum Gasteiger partial charge on any atom is 0.0971 e. The molecule has 0 spiro atoms. The molecule has 0 saturated carbocycles. The van der Waals surface area contributed by atoms with E-state index in [1.165, 1.54) is 32.7 Å². The topological polar surface area (TPSA) is 25.8 Å². The SMILES string of the molecule is c1ccc2c(-c3ccc(-c4cccc5ccccc45)c4nccnc34)cccc2c1. The lowest BCUT2D eigenvalue weighted by Gasteiger charge is -2.13. The van der Waals surface area contributed by atoms with Gasteiger partial charge in [-0.25, -0.2) is 0 Å². The predicted octanol–water partition coefficient (Wildman–Crippen LogP) is 7.27. The fourth-order valence-electron chi connectivity index (χ4n) is 4.41. The molecule has 0 N–H and O–H groups in total. The first kappa shape index (κ1) is 16.9. The maximum absolute atomic E-state index is 4.77. The number of hydrogen-bond donors (Lipinski definition) is 0. The predicted molar refractivity (Wildman–Crippen MR) is 125 cm³/mol. The molecule has 140 valence electrons. The van der Waals surface area contributed by atoms with Crippen LogP contribution in [0, 0.1) is 0 Å². The average molecular weight is 382 g/mol. The minimum atomic E-state index is 0.930. The van der Waals surface area contributed by atoms with E-state index in [9.17, 15) is 0 Å². The van der Waals surface area contributed by atoms with Gasteiger partial charge in [-0.3, -0.25) is 9.97 Å². The van der Waals surface area contributed by atoms with Crippen molar-refractivity contribution >= 4 is 32.6 Å². The number of hydrogen-bond acceptors (Lipinski definition) is 2. The van der Waals surface area contributed by atoms with Crippen molar-refractivity contribution in [2.45, 2.75) is 0 Å². The normalized spacial score (nSPS) is 11.3. The summed E-state index contributed by atoms with van der Waals surface area (Å²) in [5.41, 5.74) is 6.45. The van der Waals surface area contributed by atoms with Crippen molar-refractivity contribution in [3.8, 4) is 22.3 Å². The van der Waals surface area contributed by atoms with Crippen LogP contribution in [-0.2, 0) is 0 Å². The molecule has 0 atom stereocenters. The first-order valence-electron chi connectivity index (χ1n) is 10.1. The highest BCUT2D eigenvalue weighted by atomic mass is 14.8. The Balaban J connectivity index is 1.67. The van der Waals surface area contributed by atoms with Crippen molar-refractivity contribution in [3.63, 3.8) is 0 Å². The lowest BCUT2D eigenvalue weighted by molar-refractivity contribution is 1.30. The number of nitrogens with zero attached hydrogens (tertiary/aromatic N) is 2. The fraction of sp³-hybridized carbons (Fsp3) is 0. The van der Waals surface area contributed by atoms with Crippen LogP contribution in [0.3, 0.4) is 0 Å². The molecule has 0 radical (unpaired) electrons. The molecule has 6 aromatic rings. The Labute approximate surface area is 174 Å². The molecule has 0 saturated heterocycles. The second-order valence-corrected chi connectivity index (χ2v) is 7.47. The number of benzene rings is 5. The zero-order valence-electron chi connectivity index (χ0n) is 16.3. The van der Waals surface area contributed by atoms with Crippen LogP contribution in [0.1, 0.15) is 0 Å². The van der Waals surface area contributed by atoms with Crippen molar-refractivity contribution in [2.75, 3.05) is 0 Å². The summed E-state index contributed by atoms with van der Waals surface area (Å²) in [5, 5.41) is 4.91. The molecule has 0 bridgehead atoms. The van der Waals surface area contributed by atoms with Crippen LogP contribution >= 0.6 is 0 Å². The van der Waals surface area contributed by atoms with Gasteiger partial charge >= 0.3 is 0 Å². The molecule has 1 heterocycles. The molecule has 0 aliphatic rings. The highest BCUT2D eigenvalue weighted by Gasteiger charge is 2.14. The van der Waals surface area contributed by atoms with Crippen LogP contribution in [0.15, 0.2) is 109 Å². The van der Waals surface area contributed by atoms with E-state index in [1.807, 2.05) is 0 Å². The van der Waals surface area contributed by atoms with Crippen LogP contribution in [0.25, 0.3) is 54.8 Å². The van der Waals surface area contributed by atoms with E-state index >= 15 is 0 Å². The van der Waals surface area contributed by atoms with Crippen molar-refractivity contribution in [2.24, 2.45) is 0 Å². The monoisotopic (exact) mass is 382 g/mol. The number of fused-ring (bicyclic) bond motifs is 3. The van der Waals surface area contributed by atoms with Crippen LogP contribution in [0.5, 0.6) is 0 Å². The van der Waals surface area contributed by atoms with Crippen LogP contribution < -0.4 is 0 Å². The molecule has 0 unspecified atom stereocenters. The van der Waals surface area contributed by atoms with Gasteiger partial charge in [0, 0.05) is 23.5 Å². The lowest BCUT2D eigenvalue weighted by atomic mass is 9.92. The molecule has 0 aliphatic heterocycles. The van der Waals surface area contributed by atoms with E-state index in [0.29, 0.717) is 0 Å². The standard InChI is InChI=1S/C28H18N2/c1-3-11-21-19(7-1)9-5-13-23(21)25-15-16-26(28-27(25)29-17-18-30-28)24-14-6-10-20-8-2-4-12-22(20)24/h1-18H. The van der Waals surface area contributed by atoms with Gasteiger partial charge in [0.1, 0.15) is 0 Å². The molecule has 0 aliphatic carbocycles. The zero-order valence-corrected chi connectivity index (χ0v) is 16.3. The fourth-order valence-corrected chi connectivity index (χ4v) is 4.41. The number of aromatic nitrogens is 2. The lowest BCUT2D eigenvalue weighted by Crippen LogP contribution is -1.92. The summed E-state index contributed by atoms with van der Waals surface area (Å²) < 4.78 is 0. The van der Waals surface area contributed by atoms with Gasteiger partial charge in [0.2, 0.25) is 0 Å². The van der Waals surface area contributed by atoms with Crippen LogP contribution in [0.4, 0.5) is 0 Å². The minimum absolute atomic E-state index is 0.930. The Morgan fingerprint density at radius 1 is 0.367 bits per heavy atom. The van der Waals surface area contributed by atoms with E-state index in [4.69, 9.17) is 9.97 Å². The van der Waals surface area contributed by atoms with Crippen molar-refractivity contribution < 1.29 is 0 Å². The zero-order chi connectivity index (χ0) is 19.9. The Morgan fingerprint density at radius 2 is 0.800 bits per heavy atom. The van der Waals surface area contributed by atoms with Crippen LogP contribution in [-0.4, -0.2) is 9.97 Å². The summed E-state index contributed by atoms with van der Waals surface area (Å²) in [4.78, 5) is 9.54. The van der Waals surface area contributed by atoms with E-state index in [1.54, 1.807) is 12.4 Å².